The van der Waals surface area contributed by atoms with E-state index in [4.69, 9.17) is 4.74 Å². The van der Waals surface area contributed by atoms with Gasteiger partial charge in [0.25, 0.3) is 0 Å². The van der Waals surface area contributed by atoms with Gasteiger partial charge in [-0.2, -0.15) is 0 Å². The molecule has 3 aliphatic heterocycles. The third kappa shape index (κ3) is 2.71. The fraction of sp³-hybridized carbons (Fsp3) is 0.792. The summed E-state index contributed by atoms with van der Waals surface area (Å²) in [5, 5.41) is 20.9. The molecule has 3 saturated heterocycles. The SMILES string of the molecule is CC(=O)OC[C@@]12CC[C@@H](O)[C@H](C)CN3CC1CCC1=C4[C@H](CC1)[C@H](C(=O)O)CC42C3=O. The summed E-state index contributed by atoms with van der Waals surface area (Å²) < 4.78 is 5.67. The maximum atomic E-state index is 14.3. The lowest BCUT2D eigenvalue weighted by Crippen LogP contribution is -2.65. The van der Waals surface area contributed by atoms with Crippen LogP contribution in [0.5, 0.6) is 0 Å². The largest absolute Gasteiger partial charge is 0.481 e. The summed E-state index contributed by atoms with van der Waals surface area (Å²) >= 11 is 0. The van der Waals surface area contributed by atoms with Gasteiger partial charge in [-0.1, -0.05) is 18.1 Å². The van der Waals surface area contributed by atoms with Gasteiger partial charge in [0, 0.05) is 25.4 Å². The summed E-state index contributed by atoms with van der Waals surface area (Å²) in [5.74, 6) is -1.79. The topological polar surface area (TPSA) is 104 Å². The molecule has 4 bridgehead atoms. The highest BCUT2D eigenvalue weighted by molar-refractivity contribution is 5.91. The van der Waals surface area contributed by atoms with Crippen LogP contribution in [0, 0.1) is 34.5 Å². The second kappa shape index (κ2) is 7.06. The number of amides is 1. The quantitative estimate of drug-likeness (QED) is 0.525. The minimum atomic E-state index is -0.925. The first kappa shape index (κ1) is 21.0. The number of fused-ring (bicyclic) bond motifs is 4. The highest BCUT2D eigenvalue weighted by Gasteiger charge is 2.73. The zero-order chi connectivity index (χ0) is 22.1. The van der Waals surface area contributed by atoms with Crippen LogP contribution >= 0.6 is 0 Å². The summed E-state index contributed by atoms with van der Waals surface area (Å²) in [4.78, 5) is 40.5. The van der Waals surface area contributed by atoms with Gasteiger partial charge in [-0.25, -0.2) is 0 Å². The highest BCUT2D eigenvalue weighted by atomic mass is 16.5. The Kier molecular flexibility index (Phi) is 4.78. The number of esters is 1. The van der Waals surface area contributed by atoms with Gasteiger partial charge in [-0.15, -0.1) is 0 Å². The van der Waals surface area contributed by atoms with Crippen LogP contribution in [-0.4, -0.2) is 58.8 Å². The summed E-state index contributed by atoms with van der Waals surface area (Å²) in [7, 11) is 0. The molecule has 2 N–H and O–H groups in total. The van der Waals surface area contributed by atoms with Crippen LogP contribution in [0.4, 0.5) is 0 Å². The number of carboxylic acids is 1. The number of allylic oxidation sites excluding steroid dienone is 1. The molecule has 6 rings (SSSR count). The number of ether oxygens (including phenoxy) is 1. The molecule has 6 aliphatic rings. The molecule has 170 valence electrons. The smallest absolute Gasteiger partial charge is 0.307 e. The molecular weight excluding hydrogens is 398 g/mol. The molecule has 1 saturated carbocycles. The fourth-order valence-electron chi connectivity index (χ4n) is 8.02. The van der Waals surface area contributed by atoms with Crippen LogP contribution in [0.2, 0.25) is 0 Å². The third-order valence-corrected chi connectivity index (χ3v) is 9.40. The van der Waals surface area contributed by atoms with Crippen LogP contribution in [0.25, 0.3) is 0 Å². The monoisotopic (exact) mass is 431 g/mol. The molecule has 3 heterocycles. The number of carbonyl (C=O) groups is 3. The molecule has 4 fully saturated rings. The Hall–Kier alpha value is -1.89. The number of aliphatic hydroxyl groups excluding tert-OH is 1. The average molecular weight is 432 g/mol. The number of carbonyl (C=O) groups excluding carboxylic acids is 2. The zero-order valence-corrected chi connectivity index (χ0v) is 18.4. The molecule has 1 spiro atoms. The zero-order valence-electron chi connectivity index (χ0n) is 18.4. The van der Waals surface area contributed by atoms with Crippen molar-refractivity contribution in [2.45, 2.75) is 64.9 Å². The molecule has 0 aromatic carbocycles. The summed E-state index contributed by atoms with van der Waals surface area (Å²) in [5.41, 5.74) is 0.784. The molecule has 7 atom stereocenters. The summed E-state index contributed by atoms with van der Waals surface area (Å²) in [6, 6.07) is 0. The highest BCUT2D eigenvalue weighted by Crippen LogP contribution is 2.71. The van der Waals surface area contributed by atoms with Gasteiger partial charge in [-0.3, -0.25) is 14.4 Å². The first-order valence-electron chi connectivity index (χ1n) is 11.8. The number of nitrogens with zero attached hydrogens (tertiary/aromatic N) is 1. The lowest BCUT2D eigenvalue weighted by Gasteiger charge is -2.57. The normalized spacial score (nSPS) is 43.8. The Labute approximate surface area is 182 Å². The molecule has 1 amide bonds. The van der Waals surface area contributed by atoms with E-state index in [0.717, 1.165) is 31.3 Å². The molecular formula is C24H33NO6. The first-order valence-corrected chi connectivity index (χ1v) is 11.8. The van der Waals surface area contributed by atoms with Crippen molar-refractivity contribution >= 4 is 17.8 Å². The molecule has 31 heavy (non-hydrogen) atoms. The number of aliphatic hydroxyl groups is 1. The van der Waals surface area contributed by atoms with E-state index in [1.54, 1.807) is 0 Å². The molecule has 0 radical (unpaired) electrons. The molecule has 0 aromatic heterocycles. The van der Waals surface area contributed by atoms with E-state index in [-0.39, 0.29) is 36.2 Å². The van der Waals surface area contributed by atoms with Crippen molar-refractivity contribution in [3.05, 3.63) is 11.1 Å². The Bertz CT molecular complexity index is 866. The molecule has 7 nitrogen and oxygen atoms in total. The van der Waals surface area contributed by atoms with Crippen LogP contribution in [0.15, 0.2) is 11.1 Å². The number of piperidine rings is 1. The molecule has 3 aliphatic carbocycles. The van der Waals surface area contributed by atoms with Gasteiger partial charge >= 0.3 is 11.9 Å². The van der Waals surface area contributed by atoms with Crippen molar-refractivity contribution in [2.24, 2.45) is 34.5 Å². The third-order valence-electron chi connectivity index (χ3n) is 9.40. The van der Waals surface area contributed by atoms with Crippen LogP contribution < -0.4 is 0 Å². The average Bonchev–Trinajstić information content (AvgIpc) is 3.27. The minimum absolute atomic E-state index is 0.0157. The number of hydrogen-bond donors (Lipinski definition) is 2. The molecule has 2 unspecified atom stereocenters. The summed E-state index contributed by atoms with van der Waals surface area (Å²) in [6.45, 7) is 4.59. The lowest BCUT2D eigenvalue weighted by molar-refractivity contribution is -0.179. The minimum Gasteiger partial charge on any atom is -0.481 e. The van der Waals surface area contributed by atoms with E-state index in [0.29, 0.717) is 32.4 Å². The number of aliphatic carboxylic acids is 1. The fourth-order valence-corrected chi connectivity index (χ4v) is 8.02. The Morgan fingerprint density at radius 1 is 1.19 bits per heavy atom. The van der Waals surface area contributed by atoms with E-state index in [1.165, 1.54) is 12.5 Å². The van der Waals surface area contributed by atoms with Crippen molar-refractivity contribution in [3.63, 3.8) is 0 Å². The molecule has 7 heteroatoms. The maximum Gasteiger partial charge on any atom is 0.307 e. The molecule has 0 aromatic rings. The van der Waals surface area contributed by atoms with Crippen molar-refractivity contribution in [3.8, 4) is 0 Å². The van der Waals surface area contributed by atoms with Crippen molar-refractivity contribution in [1.29, 1.82) is 0 Å². The van der Waals surface area contributed by atoms with Gasteiger partial charge in [-0.05, 0) is 62.7 Å². The van der Waals surface area contributed by atoms with Gasteiger partial charge in [0.15, 0.2) is 0 Å². The van der Waals surface area contributed by atoms with Gasteiger partial charge in [0.1, 0.15) is 0 Å². The first-order chi connectivity index (χ1) is 14.7. The number of carboxylic acid groups (broad SMARTS) is 1. The van der Waals surface area contributed by atoms with E-state index in [1.807, 2.05) is 11.8 Å². The summed E-state index contributed by atoms with van der Waals surface area (Å²) in [6.07, 6.45) is 4.35. The van der Waals surface area contributed by atoms with E-state index < -0.39 is 28.8 Å². The number of rotatable bonds is 3. The van der Waals surface area contributed by atoms with Crippen LogP contribution in [0.3, 0.4) is 0 Å². The predicted molar refractivity (Wildman–Crippen MR) is 111 cm³/mol. The van der Waals surface area contributed by atoms with Crippen molar-refractivity contribution < 1.29 is 29.3 Å². The Balaban J connectivity index is 1.75. The predicted octanol–water partition coefficient (Wildman–Crippen LogP) is 2.38. The van der Waals surface area contributed by atoms with Crippen molar-refractivity contribution in [2.75, 3.05) is 19.7 Å². The Morgan fingerprint density at radius 3 is 2.65 bits per heavy atom. The van der Waals surface area contributed by atoms with E-state index in [9.17, 15) is 24.6 Å². The van der Waals surface area contributed by atoms with Crippen LogP contribution in [-0.2, 0) is 19.1 Å². The second-order valence-electron chi connectivity index (χ2n) is 10.7. The lowest BCUT2D eigenvalue weighted by atomic mass is 9.50. The standard InChI is InChI=1S/C24H33NO6/c1-13-10-25-11-16-5-3-15-4-6-17-18(21(28)29)9-24(20(15)17,22(25)30)23(16,8-7-19(13)27)12-31-14(2)26/h13,16-19,27H,3-12H2,1-2H3,(H,28,29)/t13-,16?,17-,18-,19-,23+,24?/m1/s1. The van der Waals surface area contributed by atoms with Gasteiger partial charge < -0.3 is 19.8 Å². The second-order valence-corrected chi connectivity index (χ2v) is 10.7. The maximum absolute atomic E-state index is 14.3. The van der Waals surface area contributed by atoms with Crippen molar-refractivity contribution in [1.82, 2.24) is 4.90 Å². The van der Waals surface area contributed by atoms with Gasteiger partial charge in [0.05, 0.1) is 24.0 Å². The van der Waals surface area contributed by atoms with E-state index >= 15 is 0 Å². The van der Waals surface area contributed by atoms with Crippen LogP contribution in [0.1, 0.15) is 58.8 Å². The van der Waals surface area contributed by atoms with E-state index in [2.05, 4.69) is 0 Å². The number of hydrogen-bond acceptors (Lipinski definition) is 5. The van der Waals surface area contributed by atoms with Gasteiger partial charge in [0.2, 0.25) is 5.91 Å². The Morgan fingerprint density at radius 2 is 1.94 bits per heavy atom.